The lowest BCUT2D eigenvalue weighted by Crippen LogP contribution is -2.32. The Balaban J connectivity index is 1.67. The average Bonchev–Trinajstić information content (AvgIpc) is 3.11. The maximum Gasteiger partial charge on any atom is 0.266 e. The fourth-order valence-electron chi connectivity index (χ4n) is 2.18. The van der Waals surface area contributed by atoms with Crippen molar-refractivity contribution in [3.63, 3.8) is 0 Å². The first-order chi connectivity index (χ1) is 11.6. The second-order valence-corrected chi connectivity index (χ2v) is 5.40. The van der Waals surface area contributed by atoms with Gasteiger partial charge in [0, 0.05) is 12.6 Å². The number of carbonyl (C=O) groups is 1. The first-order valence-electron chi connectivity index (χ1n) is 7.30. The second-order valence-electron chi connectivity index (χ2n) is 4.99. The van der Waals surface area contributed by atoms with Crippen molar-refractivity contribution >= 4 is 17.5 Å². The van der Waals surface area contributed by atoms with E-state index >= 15 is 0 Å². The van der Waals surface area contributed by atoms with Crippen molar-refractivity contribution in [1.82, 2.24) is 15.1 Å². The van der Waals surface area contributed by atoms with Crippen LogP contribution in [0.2, 0.25) is 5.02 Å². The summed E-state index contributed by atoms with van der Waals surface area (Å²) in [6, 6.07) is 13.3. The predicted molar refractivity (Wildman–Crippen MR) is 90.0 cm³/mol. The fourth-order valence-corrected chi connectivity index (χ4v) is 2.40. The first kappa shape index (κ1) is 16.0. The average molecular weight is 344 g/mol. The smallest absolute Gasteiger partial charge is 0.266 e. The topological polar surface area (TPSA) is 77.1 Å². The zero-order valence-corrected chi connectivity index (χ0v) is 13.4. The molecule has 3 rings (SSSR count). The van der Waals surface area contributed by atoms with Crippen LogP contribution in [0.5, 0.6) is 0 Å². The van der Waals surface area contributed by atoms with E-state index in [9.17, 15) is 9.59 Å². The molecule has 0 bridgehead atoms. The summed E-state index contributed by atoms with van der Waals surface area (Å²) in [4.78, 5) is 24.0. The molecule has 0 saturated carbocycles. The zero-order chi connectivity index (χ0) is 16.9. The van der Waals surface area contributed by atoms with Crippen molar-refractivity contribution in [1.29, 1.82) is 0 Å². The normalized spacial score (nSPS) is 10.5. The fraction of sp³-hybridized carbons (Fsp3) is 0.118. The monoisotopic (exact) mass is 343 g/mol. The third kappa shape index (κ3) is 3.55. The Bertz CT molecular complexity index is 903. The molecular weight excluding hydrogens is 330 g/mol. The van der Waals surface area contributed by atoms with E-state index in [0.29, 0.717) is 22.0 Å². The Labute approximate surface area is 142 Å². The molecule has 122 valence electrons. The Morgan fingerprint density at radius 1 is 1.17 bits per heavy atom. The largest absolute Gasteiger partial charge is 0.463 e. The molecule has 0 aliphatic rings. The molecule has 0 saturated heterocycles. The van der Waals surface area contributed by atoms with Crippen molar-refractivity contribution in [2.24, 2.45) is 0 Å². The minimum absolute atomic E-state index is 0.240. The van der Waals surface area contributed by atoms with E-state index in [1.165, 1.54) is 17.0 Å². The van der Waals surface area contributed by atoms with Gasteiger partial charge < -0.3 is 9.73 Å². The van der Waals surface area contributed by atoms with Crippen molar-refractivity contribution < 1.29 is 9.21 Å². The number of furan rings is 1. The van der Waals surface area contributed by atoms with Crippen molar-refractivity contribution in [2.75, 3.05) is 6.54 Å². The van der Waals surface area contributed by atoms with Crippen LogP contribution in [0.3, 0.4) is 0 Å². The Morgan fingerprint density at radius 3 is 2.75 bits per heavy atom. The van der Waals surface area contributed by atoms with Crippen LogP contribution in [0.25, 0.3) is 11.5 Å². The van der Waals surface area contributed by atoms with Crippen molar-refractivity contribution in [3.8, 4) is 11.5 Å². The molecule has 0 unspecified atom stereocenters. The summed E-state index contributed by atoms with van der Waals surface area (Å²) in [5.74, 6) is 0.277. The third-order valence-corrected chi connectivity index (χ3v) is 3.70. The molecule has 0 atom stereocenters. The summed E-state index contributed by atoms with van der Waals surface area (Å²) < 4.78 is 6.55. The van der Waals surface area contributed by atoms with Gasteiger partial charge >= 0.3 is 0 Å². The summed E-state index contributed by atoms with van der Waals surface area (Å²) in [7, 11) is 0. The maximum absolute atomic E-state index is 12.1. The van der Waals surface area contributed by atoms with Gasteiger partial charge in [-0.3, -0.25) is 9.59 Å². The minimum Gasteiger partial charge on any atom is -0.463 e. The van der Waals surface area contributed by atoms with Crippen LogP contribution in [0.1, 0.15) is 10.4 Å². The van der Waals surface area contributed by atoms with E-state index in [1.54, 1.807) is 42.5 Å². The van der Waals surface area contributed by atoms with Crippen LogP contribution >= 0.6 is 11.6 Å². The molecule has 6 nitrogen and oxygen atoms in total. The molecule has 2 heterocycles. The lowest BCUT2D eigenvalue weighted by atomic mass is 10.2. The molecule has 0 spiro atoms. The lowest BCUT2D eigenvalue weighted by Gasteiger charge is -2.08. The van der Waals surface area contributed by atoms with E-state index in [4.69, 9.17) is 16.0 Å². The zero-order valence-electron chi connectivity index (χ0n) is 12.6. The van der Waals surface area contributed by atoms with Crippen LogP contribution in [0.15, 0.2) is 64.0 Å². The van der Waals surface area contributed by atoms with Gasteiger partial charge in [-0.25, -0.2) is 4.68 Å². The Hall–Kier alpha value is -2.86. The van der Waals surface area contributed by atoms with Crippen molar-refractivity contribution in [2.45, 2.75) is 6.54 Å². The van der Waals surface area contributed by atoms with Gasteiger partial charge in [-0.1, -0.05) is 23.7 Å². The minimum atomic E-state index is -0.296. The summed E-state index contributed by atoms with van der Waals surface area (Å²) in [6.07, 6.45) is 1.54. The number of halogens is 1. The summed E-state index contributed by atoms with van der Waals surface area (Å²) in [5.41, 5.74) is 0.693. The van der Waals surface area contributed by atoms with Gasteiger partial charge in [0.2, 0.25) is 0 Å². The number of nitrogens with zero attached hydrogens (tertiary/aromatic N) is 2. The molecule has 0 radical (unpaired) electrons. The Morgan fingerprint density at radius 2 is 2.00 bits per heavy atom. The summed E-state index contributed by atoms with van der Waals surface area (Å²) in [5, 5.41) is 7.34. The highest BCUT2D eigenvalue weighted by atomic mass is 35.5. The van der Waals surface area contributed by atoms with E-state index in [0.717, 1.165) is 0 Å². The van der Waals surface area contributed by atoms with E-state index in [2.05, 4.69) is 10.4 Å². The predicted octanol–water partition coefficient (Wildman–Crippen LogP) is 2.59. The van der Waals surface area contributed by atoms with Crippen LogP contribution in [-0.2, 0) is 6.54 Å². The van der Waals surface area contributed by atoms with Crippen LogP contribution in [-0.4, -0.2) is 22.2 Å². The van der Waals surface area contributed by atoms with Crippen LogP contribution in [0.4, 0.5) is 0 Å². The van der Waals surface area contributed by atoms with Crippen molar-refractivity contribution in [3.05, 3.63) is 75.7 Å². The lowest BCUT2D eigenvalue weighted by molar-refractivity contribution is 0.0952. The first-order valence-corrected chi connectivity index (χ1v) is 7.68. The molecule has 24 heavy (non-hydrogen) atoms. The van der Waals surface area contributed by atoms with E-state index < -0.39 is 0 Å². The van der Waals surface area contributed by atoms with E-state index in [1.807, 2.05) is 0 Å². The highest BCUT2D eigenvalue weighted by Crippen LogP contribution is 2.15. The van der Waals surface area contributed by atoms with Gasteiger partial charge in [0.25, 0.3) is 11.5 Å². The van der Waals surface area contributed by atoms with Gasteiger partial charge in [-0.2, -0.15) is 5.10 Å². The van der Waals surface area contributed by atoms with Gasteiger partial charge in [-0.05, 0) is 30.3 Å². The SMILES string of the molecule is O=C(NCCn1nc(-c2ccco2)ccc1=O)c1ccccc1Cl. The number of carbonyl (C=O) groups excluding carboxylic acids is 1. The molecule has 1 N–H and O–H groups in total. The molecule has 0 fully saturated rings. The molecule has 1 aromatic carbocycles. The molecular formula is C17H14ClN3O3. The summed E-state index contributed by atoms with van der Waals surface area (Å²) >= 11 is 5.98. The second kappa shape index (κ2) is 7.14. The Kier molecular flexibility index (Phi) is 4.77. The van der Waals surface area contributed by atoms with Gasteiger partial charge in [0.1, 0.15) is 5.69 Å². The number of hydrogen-bond acceptors (Lipinski definition) is 4. The molecule has 3 aromatic rings. The van der Waals surface area contributed by atoms with Crippen LogP contribution < -0.4 is 10.9 Å². The number of benzene rings is 1. The quantitative estimate of drug-likeness (QED) is 0.772. The third-order valence-electron chi connectivity index (χ3n) is 3.37. The number of hydrogen-bond donors (Lipinski definition) is 1. The standard InChI is InChI=1S/C17H14ClN3O3/c18-13-5-2-1-4-12(13)17(23)19-9-10-21-16(22)8-7-14(20-21)15-6-3-11-24-15/h1-8,11H,9-10H2,(H,19,23). The van der Waals surface area contributed by atoms with E-state index in [-0.39, 0.29) is 24.6 Å². The highest BCUT2D eigenvalue weighted by Gasteiger charge is 2.09. The highest BCUT2D eigenvalue weighted by molar-refractivity contribution is 6.33. The molecule has 0 aliphatic heterocycles. The van der Waals surface area contributed by atoms with Crippen LogP contribution in [0, 0.1) is 0 Å². The number of nitrogens with one attached hydrogen (secondary N) is 1. The summed E-state index contributed by atoms with van der Waals surface area (Å²) in [6.45, 7) is 0.488. The van der Waals surface area contributed by atoms with Gasteiger partial charge in [0.15, 0.2) is 5.76 Å². The molecule has 1 amide bonds. The maximum atomic E-state index is 12.1. The molecule has 7 heteroatoms. The van der Waals surface area contributed by atoms with Gasteiger partial charge in [0.05, 0.1) is 23.4 Å². The number of amides is 1. The number of rotatable bonds is 5. The number of aromatic nitrogens is 2. The van der Waals surface area contributed by atoms with Gasteiger partial charge in [-0.15, -0.1) is 0 Å². The molecule has 2 aromatic heterocycles. The molecule has 0 aliphatic carbocycles.